The highest BCUT2D eigenvalue weighted by Crippen LogP contribution is 2.32. The van der Waals surface area contributed by atoms with Crippen molar-refractivity contribution in [1.29, 1.82) is 0 Å². The molecule has 1 aromatic rings. The summed E-state index contributed by atoms with van der Waals surface area (Å²) in [6.07, 6.45) is 1.23. The molecule has 20 heavy (non-hydrogen) atoms. The molecule has 2 rings (SSSR count). The fraction of sp³-hybridized carbons (Fsp3) is 0.286. The van der Waals surface area contributed by atoms with Gasteiger partial charge in [-0.05, 0) is 32.0 Å². The quantitative estimate of drug-likeness (QED) is 0.668. The van der Waals surface area contributed by atoms with E-state index < -0.39 is 5.97 Å². The Morgan fingerprint density at radius 1 is 1.35 bits per heavy atom. The molecule has 1 aromatic carbocycles. The van der Waals surface area contributed by atoms with Crippen molar-refractivity contribution in [1.82, 2.24) is 5.32 Å². The van der Waals surface area contributed by atoms with Crippen LogP contribution in [0, 0.1) is 0 Å². The molecular weight excluding hydrogens is 262 g/mol. The zero-order chi connectivity index (χ0) is 14.5. The van der Waals surface area contributed by atoms with Crippen LogP contribution in [0.3, 0.4) is 0 Å². The Balaban J connectivity index is 2.03. The second kappa shape index (κ2) is 6.10. The number of amides is 1. The average Bonchev–Trinajstić information content (AvgIpc) is 2.85. The van der Waals surface area contributed by atoms with Crippen LogP contribution in [0.4, 0.5) is 0 Å². The van der Waals surface area contributed by atoms with Gasteiger partial charge in [-0.3, -0.25) is 4.79 Å². The van der Waals surface area contributed by atoms with E-state index in [1.54, 1.807) is 32.0 Å². The van der Waals surface area contributed by atoms with Crippen molar-refractivity contribution >= 4 is 11.9 Å². The van der Waals surface area contributed by atoms with Crippen LogP contribution in [0.25, 0.3) is 0 Å². The van der Waals surface area contributed by atoms with Crippen LogP contribution >= 0.6 is 0 Å². The van der Waals surface area contributed by atoms with Crippen LogP contribution in [0.1, 0.15) is 24.2 Å². The Hall–Kier alpha value is -2.50. The molecule has 1 aliphatic heterocycles. The van der Waals surface area contributed by atoms with E-state index in [0.717, 1.165) is 0 Å². The monoisotopic (exact) mass is 277 g/mol. The van der Waals surface area contributed by atoms with E-state index >= 15 is 0 Å². The largest absolute Gasteiger partial charge is 0.463 e. The van der Waals surface area contributed by atoms with Crippen molar-refractivity contribution in [2.45, 2.75) is 13.8 Å². The Bertz CT molecular complexity index is 565. The third-order valence-corrected chi connectivity index (χ3v) is 2.57. The summed E-state index contributed by atoms with van der Waals surface area (Å²) in [6, 6.07) is 4.89. The predicted molar refractivity (Wildman–Crippen MR) is 70.4 cm³/mol. The zero-order valence-corrected chi connectivity index (χ0v) is 11.3. The van der Waals surface area contributed by atoms with E-state index in [4.69, 9.17) is 14.2 Å². The van der Waals surface area contributed by atoms with Gasteiger partial charge in [0.2, 0.25) is 6.79 Å². The van der Waals surface area contributed by atoms with Crippen LogP contribution in [0.15, 0.2) is 30.0 Å². The van der Waals surface area contributed by atoms with E-state index in [0.29, 0.717) is 29.4 Å². The molecule has 0 bridgehead atoms. The van der Waals surface area contributed by atoms with Gasteiger partial charge in [-0.2, -0.15) is 0 Å². The number of allylic oxidation sites excluding steroid dienone is 1. The first-order valence-electron chi connectivity index (χ1n) is 6.16. The second-order valence-corrected chi connectivity index (χ2v) is 4.10. The standard InChI is InChI=1S/C14H15NO5/c1-3-18-13(16)6-9(2)15-14(17)10-4-5-11-12(7-10)20-8-19-11/h4-7H,3,8H2,1-2H3,(H,15,17). The van der Waals surface area contributed by atoms with Gasteiger partial charge in [0.25, 0.3) is 5.91 Å². The first-order valence-corrected chi connectivity index (χ1v) is 6.16. The Kier molecular flexibility index (Phi) is 4.24. The number of rotatable bonds is 4. The summed E-state index contributed by atoms with van der Waals surface area (Å²) in [5, 5.41) is 2.60. The van der Waals surface area contributed by atoms with Gasteiger partial charge in [-0.25, -0.2) is 4.79 Å². The summed E-state index contributed by atoms with van der Waals surface area (Å²) in [5.74, 6) is 0.322. The lowest BCUT2D eigenvalue weighted by atomic mass is 10.2. The summed E-state index contributed by atoms with van der Waals surface area (Å²) in [7, 11) is 0. The van der Waals surface area contributed by atoms with Crippen LogP contribution in [-0.2, 0) is 9.53 Å². The summed E-state index contributed by atoms with van der Waals surface area (Å²) >= 11 is 0. The van der Waals surface area contributed by atoms with Crippen molar-refractivity contribution in [3.05, 3.63) is 35.5 Å². The van der Waals surface area contributed by atoms with Crippen molar-refractivity contribution in [2.75, 3.05) is 13.4 Å². The minimum atomic E-state index is -0.490. The minimum Gasteiger partial charge on any atom is -0.463 e. The third kappa shape index (κ3) is 3.28. The molecule has 1 amide bonds. The molecule has 6 heteroatoms. The second-order valence-electron chi connectivity index (χ2n) is 4.10. The van der Waals surface area contributed by atoms with Crippen molar-refractivity contribution in [2.24, 2.45) is 0 Å². The van der Waals surface area contributed by atoms with Crippen molar-refractivity contribution in [3.8, 4) is 11.5 Å². The van der Waals surface area contributed by atoms with Crippen molar-refractivity contribution < 1.29 is 23.8 Å². The minimum absolute atomic E-state index is 0.155. The summed E-state index contributed by atoms with van der Waals surface area (Å²) in [4.78, 5) is 23.2. The van der Waals surface area contributed by atoms with Gasteiger partial charge in [-0.15, -0.1) is 0 Å². The molecule has 0 radical (unpaired) electrons. The van der Waals surface area contributed by atoms with Crippen LogP contribution in [0.2, 0.25) is 0 Å². The van der Waals surface area contributed by atoms with Crippen LogP contribution in [-0.4, -0.2) is 25.3 Å². The molecule has 106 valence electrons. The first kappa shape index (κ1) is 13.9. The third-order valence-electron chi connectivity index (χ3n) is 2.57. The molecule has 1 heterocycles. The molecule has 1 N–H and O–H groups in total. The maximum Gasteiger partial charge on any atom is 0.332 e. The molecule has 0 aromatic heterocycles. The maximum atomic E-state index is 12.0. The molecule has 6 nitrogen and oxygen atoms in total. The van der Waals surface area contributed by atoms with Gasteiger partial charge in [0.05, 0.1) is 6.61 Å². The molecule has 0 saturated carbocycles. The predicted octanol–water partition coefficient (Wildman–Crippen LogP) is 1.61. The number of carbonyl (C=O) groups is 2. The topological polar surface area (TPSA) is 73.9 Å². The fourth-order valence-electron chi connectivity index (χ4n) is 1.69. The lowest BCUT2D eigenvalue weighted by Crippen LogP contribution is -2.22. The number of hydrogen-bond acceptors (Lipinski definition) is 5. The number of fused-ring (bicyclic) bond motifs is 1. The van der Waals surface area contributed by atoms with Crippen molar-refractivity contribution in [3.63, 3.8) is 0 Å². The fourth-order valence-corrected chi connectivity index (χ4v) is 1.69. The number of esters is 1. The van der Waals surface area contributed by atoms with E-state index in [2.05, 4.69) is 5.32 Å². The highest BCUT2D eigenvalue weighted by molar-refractivity contribution is 5.96. The SMILES string of the molecule is CCOC(=O)C=C(C)NC(=O)c1ccc2c(c1)OCO2. The van der Waals surface area contributed by atoms with E-state index in [9.17, 15) is 9.59 Å². The van der Waals surface area contributed by atoms with Gasteiger partial charge in [0.15, 0.2) is 11.5 Å². The zero-order valence-electron chi connectivity index (χ0n) is 11.3. The Morgan fingerprint density at radius 3 is 2.85 bits per heavy atom. The lowest BCUT2D eigenvalue weighted by molar-refractivity contribution is -0.137. The molecule has 0 saturated heterocycles. The lowest BCUT2D eigenvalue weighted by Gasteiger charge is -2.06. The van der Waals surface area contributed by atoms with Crippen LogP contribution < -0.4 is 14.8 Å². The van der Waals surface area contributed by atoms with Gasteiger partial charge in [-0.1, -0.05) is 0 Å². The van der Waals surface area contributed by atoms with E-state index in [-0.39, 0.29) is 12.7 Å². The summed E-state index contributed by atoms with van der Waals surface area (Å²) in [5.41, 5.74) is 0.831. The van der Waals surface area contributed by atoms with E-state index in [1.807, 2.05) is 0 Å². The first-order chi connectivity index (χ1) is 9.60. The van der Waals surface area contributed by atoms with Gasteiger partial charge in [0.1, 0.15) is 0 Å². The summed E-state index contributed by atoms with van der Waals surface area (Å²) < 4.78 is 15.1. The highest BCUT2D eigenvalue weighted by Gasteiger charge is 2.16. The number of benzene rings is 1. The molecule has 0 aliphatic carbocycles. The van der Waals surface area contributed by atoms with E-state index in [1.165, 1.54) is 6.08 Å². The smallest absolute Gasteiger partial charge is 0.332 e. The highest BCUT2D eigenvalue weighted by atomic mass is 16.7. The maximum absolute atomic E-state index is 12.0. The number of hydrogen-bond donors (Lipinski definition) is 1. The number of carbonyl (C=O) groups excluding carboxylic acids is 2. The molecule has 0 spiro atoms. The molecule has 1 aliphatic rings. The summed E-state index contributed by atoms with van der Waals surface area (Å²) in [6.45, 7) is 3.77. The molecule has 0 fully saturated rings. The number of nitrogens with one attached hydrogen (secondary N) is 1. The molecular formula is C14H15NO5. The Labute approximate surface area is 116 Å². The molecule has 0 unspecified atom stereocenters. The Morgan fingerprint density at radius 2 is 2.10 bits per heavy atom. The van der Waals surface area contributed by atoms with Gasteiger partial charge in [0, 0.05) is 17.3 Å². The number of ether oxygens (including phenoxy) is 3. The van der Waals surface area contributed by atoms with Gasteiger partial charge >= 0.3 is 5.97 Å². The van der Waals surface area contributed by atoms with Gasteiger partial charge < -0.3 is 19.5 Å². The molecule has 0 atom stereocenters. The van der Waals surface area contributed by atoms with Crippen LogP contribution in [0.5, 0.6) is 11.5 Å². The average molecular weight is 277 g/mol. The normalized spacial score (nSPS) is 13.0.